The third-order valence-electron chi connectivity index (χ3n) is 5.18. The maximum Gasteiger partial charge on any atom is 0.146 e. The van der Waals surface area contributed by atoms with E-state index in [1.807, 2.05) is 0 Å². The molecule has 3 heterocycles. The van der Waals surface area contributed by atoms with Crippen molar-refractivity contribution in [2.75, 3.05) is 31.9 Å². The van der Waals surface area contributed by atoms with Gasteiger partial charge in [-0.15, -0.1) is 11.3 Å². The molecule has 3 aromatic rings. The Hall–Kier alpha value is -2.02. The largest absolute Gasteiger partial charge is 0.383 e. The average Bonchev–Trinajstić information content (AvgIpc) is 2.92. The zero-order valence-corrected chi connectivity index (χ0v) is 16.2. The number of benzene rings is 1. The van der Waals surface area contributed by atoms with Crippen LogP contribution in [0, 0.1) is 13.8 Å². The summed E-state index contributed by atoms with van der Waals surface area (Å²) in [6, 6.07) is 10.7. The minimum Gasteiger partial charge on any atom is -0.383 e. The van der Waals surface area contributed by atoms with E-state index in [-0.39, 0.29) is 0 Å². The number of nitrogen functional groups attached to an aromatic ring is 1. The molecule has 4 rings (SSSR count). The summed E-state index contributed by atoms with van der Waals surface area (Å²) in [5.41, 5.74) is 8.81. The van der Waals surface area contributed by atoms with Gasteiger partial charge in [0.2, 0.25) is 0 Å². The number of aromatic nitrogens is 2. The highest BCUT2D eigenvalue weighted by molar-refractivity contribution is 7.18. The molecule has 1 aromatic carbocycles. The zero-order chi connectivity index (χ0) is 18.1. The summed E-state index contributed by atoms with van der Waals surface area (Å²) in [6.07, 6.45) is 0. The maximum absolute atomic E-state index is 6.21. The SMILES string of the molecule is Cc1sc2nc(CN3CCN(Cc4ccccc4)CC3)nc(N)c2c1C. The monoisotopic (exact) mass is 367 g/mol. The van der Waals surface area contributed by atoms with Crippen LogP contribution in [0.3, 0.4) is 0 Å². The van der Waals surface area contributed by atoms with Crippen LogP contribution in [0.4, 0.5) is 5.82 Å². The molecule has 26 heavy (non-hydrogen) atoms. The molecule has 0 amide bonds. The lowest BCUT2D eigenvalue weighted by atomic mass is 10.2. The van der Waals surface area contributed by atoms with E-state index in [2.05, 4.69) is 59.0 Å². The van der Waals surface area contributed by atoms with Crippen LogP contribution in [0.15, 0.2) is 30.3 Å². The Morgan fingerprint density at radius 3 is 2.31 bits per heavy atom. The highest BCUT2D eigenvalue weighted by Gasteiger charge is 2.19. The van der Waals surface area contributed by atoms with Gasteiger partial charge in [-0.2, -0.15) is 0 Å². The van der Waals surface area contributed by atoms with Gasteiger partial charge in [0.05, 0.1) is 11.9 Å². The van der Waals surface area contributed by atoms with Crippen molar-refractivity contribution in [1.82, 2.24) is 19.8 Å². The first kappa shape index (κ1) is 17.4. The second-order valence-corrected chi connectivity index (χ2v) is 8.23. The van der Waals surface area contributed by atoms with E-state index in [9.17, 15) is 0 Å². The third-order valence-corrected chi connectivity index (χ3v) is 6.28. The van der Waals surface area contributed by atoms with Crippen LogP contribution in [-0.4, -0.2) is 45.9 Å². The lowest BCUT2D eigenvalue weighted by molar-refractivity contribution is 0.120. The summed E-state index contributed by atoms with van der Waals surface area (Å²) in [5.74, 6) is 1.46. The van der Waals surface area contributed by atoms with E-state index >= 15 is 0 Å². The fraction of sp³-hybridized carbons (Fsp3) is 0.400. The molecular weight excluding hydrogens is 342 g/mol. The Morgan fingerprint density at radius 2 is 1.62 bits per heavy atom. The summed E-state index contributed by atoms with van der Waals surface area (Å²) in [5, 5.41) is 1.03. The Labute approximate surface area is 158 Å². The van der Waals surface area contributed by atoms with Crippen molar-refractivity contribution < 1.29 is 0 Å². The number of nitrogens with zero attached hydrogens (tertiary/aromatic N) is 4. The van der Waals surface area contributed by atoms with Gasteiger partial charge in [0.1, 0.15) is 16.5 Å². The molecule has 2 N–H and O–H groups in total. The Kier molecular flexibility index (Phi) is 4.89. The van der Waals surface area contributed by atoms with E-state index in [0.29, 0.717) is 5.82 Å². The molecule has 0 aliphatic carbocycles. The maximum atomic E-state index is 6.21. The summed E-state index contributed by atoms with van der Waals surface area (Å²) in [7, 11) is 0. The second kappa shape index (κ2) is 7.31. The number of rotatable bonds is 4. The molecule has 1 saturated heterocycles. The average molecular weight is 368 g/mol. The van der Waals surface area contributed by atoms with E-state index < -0.39 is 0 Å². The lowest BCUT2D eigenvalue weighted by Gasteiger charge is -2.34. The smallest absolute Gasteiger partial charge is 0.146 e. The van der Waals surface area contributed by atoms with Crippen LogP contribution in [0.2, 0.25) is 0 Å². The molecule has 0 atom stereocenters. The Morgan fingerprint density at radius 1 is 0.962 bits per heavy atom. The van der Waals surface area contributed by atoms with Crippen LogP contribution in [-0.2, 0) is 13.1 Å². The first-order valence-electron chi connectivity index (χ1n) is 9.11. The molecule has 0 saturated carbocycles. The van der Waals surface area contributed by atoms with E-state index in [1.54, 1.807) is 11.3 Å². The van der Waals surface area contributed by atoms with Gasteiger partial charge >= 0.3 is 0 Å². The van der Waals surface area contributed by atoms with Crippen molar-refractivity contribution in [3.63, 3.8) is 0 Å². The lowest BCUT2D eigenvalue weighted by Crippen LogP contribution is -2.45. The molecule has 5 nitrogen and oxygen atoms in total. The summed E-state index contributed by atoms with van der Waals surface area (Å²) < 4.78 is 0. The van der Waals surface area contributed by atoms with Gasteiger partial charge in [0.25, 0.3) is 0 Å². The first-order valence-corrected chi connectivity index (χ1v) is 9.92. The normalized spacial score (nSPS) is 16.4. The van der Waals surface area contributed by atoms with Gasteiger partial charge < -0.3 is 5.73 Å². The molecule has 136 valence electrons. The van der Waals surface area contributed by atoms with Gasteiger partial charge in [-0.1, -0.05) is 30.3 Å². The second-order valence-electron chi connectivity index (χ2n) is 7.03. The molecular formula is C20H25N5S. The molecule has 0 spiro atoms. The van der Waals surface area contributed by atoms with Gasteiger partial charge in [-0.25, -0.2) is 9.97 Å². The molecule has 0 radical (unpaired) electrons. The minimum atomic E-state index is 0.620. The van der Waals surface area contributed by atoms with Crippen LogP contribution in [0.5, 0.6) is 0 Å². The number of piperazine rings is 1. The number of nitrogens with two attached hydrogens (primary N) is 1. The van der Waals surface area contributed by atoms with Crippen molar-refractivity contribution >= 4 is 27.4 Å². The Balaban J connectivity index is 1.39. The molecule has 1 aliphatic rings. The third kappa shape index (κ3) is 3.58. The fourth-order valence-electron chi connectivity index (χ4n) is 3.54. The van der Waals surface area contributed by atoms with Crippen LogP contribution in [0.1, 0.15) is 21.8 Å². The number of hydrogen-bond acceptors (Lipinski definition) is 6. The highest BCUT2D eigenvalue weighted by atomic mass is 32.1. The quantitative estimate of drug-likeness (QED) is 0.767. The van der Waals surface area contributed by atoms with Gasteiger partial charge in [0, 0.05) is 37.6 Å². The van der Waals surface area contributed by atoms with Crippen molar-refractivity contribution in [3.8, 4) is 0 Å². The highest BCUT2D eigenvalue weighted by Crippen LogP contribution is 2.32. The minimum absolute atomic E-state index is 0.620. The molecule has 0 bridgehead atoms. The van der Waals surface area contributed by atoms with E-state index in [4.69, 9.17) is 10.7 Å². The zero-order valence-electron chi connectivity index (χ0n) is 15.4. The summed E-state index contributed by atoms with van der Waals surface area (Å²) in [6.45, 7) is 10.2. The van der Waals surface area contributed by atoms with Crippen molar-refractivity contribution in [2.45, 2.75) is 26.9 Å². The standard InChI is InChI=1S/C20H25N5S/c1-14-15(2)26-20-18(14)19(21)22-17(23-20)13-25-10-8-24(9-11-25)12-16-6-4-3-5-7-16/h3-7H,8-13H2,1-2H3,(H2,21,22,23). The predicted molar refractivity (Wildman–Crippen MR) is 108 cm³/mol. The number of fused-ring (bicyclic) bond motifs is 1. The topological polar surface area (TPSA) is 58.3 Å². The summed E-state index contributed by atoms with van der Waals surface area (Å²) >= 11 is 1.71. The van der Waals surface area contributed by atoms with Gasteiger partial charge in [-0.3, -0.25) is 9.80 Å². The van der Waals surface area contributed by atoms with Crippen molar-refractivity contribution in [2.24, 2.45) is 0 Å². The predicted octanol–water partition coefficient (Wildman–Crippen LogP) is 3.21. The number of aryl methyl sites for hydroxylation is 2. The molecule has 0 unspecified atom stereocenters. The van der Waals surface area contributed by atoms with Crippen molar-refractivity contribution in [1.29, 1.82) is 0 Å². The fourth-order valence-corrected chi connectivity index (χ4v) is 4.60. The molecule has 2 aromatic heterocycles. The van der Waals surface area contributed by atoms with E-state index in [0.717, 1.165) is 55.3 Å². The van der Waals surface area contributed by atoms with Crippen LogP contribution >= 0.6 is 11.3 Å². The number of thiophene rings is 1. The van der Waals surface area contributed by atoms with E-state index in [1.165, 1.54) is 16.0 Å². The van der Waals surface area contributed by atoms with Crippen LogP contribution in [0.25, 0.3) is 10.2 Å². The van der Waals surface area contributed by atoms with Crippen LogP contribution < -0.4 is 5.73 Å². The van der Waals surface area contributed by atoms with Gasteiger partial charge in [0.15, 0.2) is 0 Å². The number of anilines is 1. The molecule has 6 heteroatoms. The summed E-state index contributed by atoms with van der Waals surface area (Å²) in [4.78, 5) is 16.6. The molecule has 1 aliphatic heterocycles. The Bertz CT molecular complexity index is 897. The number of hydrogen-bond donors (Lipinski definition) is 1. The van der Waals surface area contributed by atoms with Crippen molar-refractivity contribution in [3.05, 3.63) is 52.2 Å². The van der Waals surface area contributed by atoms with Gasteiger partial charge in [-0.05, 0) is 25.0 Å². The first-order chi connectivity index (χ1) is 12.6. The molecule has 1 fully saturated rings.